The number of aromatic nitrogens is 5. The van der Waals surface area contributed by atoms with E-state index in [1.54, 1.807) is 0 Å². The average Bonchev–Trinajstić information content (AvgIpc) is 3.32. The number of hydrogen-bond acceptors (Lipinski definition) is 10. The Morgan fingerprint density at radius 2 is 1.94 bits per heavy atom. The van der Waals surface area contributed by atoms with Gasteiger partial charge in [0.1, 0.15) is 18.3 Å². The SMILES string of the molecule is CCCSc1nc(NCc2ccc(C)cc2)c2nnn([C@@H]3O[C@H](CO)[C@@H](O)[C@H]3O)c2n1. The number of nitrogens with one attached hydrogen (secondary N) is 1. The van der Waals surface area contributed by atoms with Gasteiger partial charge in [0.2, 0.25) is 0 Å². The van der Waals surface area contributed by atoms with Crippen molar-refractivity contribution < 1.29 is 20.1 Å². The molecule has 2 aromatic heterocycles. The normalized spacial score (nSPS) is 23.5. The first-order chi connectivity index (χ1) is 15.0. The minimum Gasteiger partial charge on any atom is -0.394 e. The molecule has 31 heavy (non-hydrogen) atoms. The quantitative estimate of drug-likeness (QED) is 0.295. The fourth-order valence-electron chi connectivity index (χ4n) is 3.34. The second-order valence-corrected chi connectivity index (χ2v) is 8.54. The summed E-state index contributed by atoms with van der Waals surface area (Å²) in [7, 11) is 0. The first kappa shape index (κ1) is 21.9. The molecule has 11 heteroatoms. The summed E-state index contributed by atoms with van der Waals surface area (Å²) < 4.78 is 6.95. The third-order valence-electron chi connectivity index (χ3n) is 5.08. The van der Waals surface area contributed by atoms with Crippen LogP contribution < -0.4 is 5.32 Å². The second kappa shape index (κ2) is 9.45. The molecule has 0 radical (unpaired) electrons. The Bertz CT molecular complexity index is 1030. The first-order valence-corrected chi connectivity index (χ1v) is 11.2. The monoisotopic (exact) mass is 446 g/mol. The maximum Gasteiger partial charge on any atom is 0.191 e. The maximum absolute atomic E-state index is 10.4. The third-order valence-corrected chi connectivity index (χ3v) is 6.13. The van der Waals surface area contributed by atoms with Gasteiger partial charge in [-0.05, 0) is 18.9 Å². The topological polar surface area (TPSA) is 138 Å². The zero-order valence-corrected chi connectivity index (χ0v) is 18.2. The van der Waals surface area contributed by atoms with Crippen LogP contribution in [0.5, 0.6) is 0 Å². The molecule has 10 nitrogen and oxygen atoms in total. The van der Waals surface area contributed by atoms with Crippen molar-refractivity contribution >= 4 is 28.7 Å². The molecule has 1 aliphatic heterocycles. The van der Waals surface area contributed by atoms with Gasteiger partial charge in [-0.1, -0.05) is 53.7 Å². The molecular weight excluding hydrogens is 420 g/mol. The summed E-state index contributed by atoms with van der Waals surface area (Å²) in [5.41, 5.74) is 3.10. The molecule has 4 atom stereocenters. The summed E-state index contributed by atoms with van der Waals surface area (Å²) in [6.45, 7) is 4.24. The Morgan fingerprint density at radius 1 is 1.16 bits per heavy atom. The van der Waals surface area contributed by atoms with Crippen LogP contribution >= 0.6 is 11.8 Å². The van der Waals surface area contributed by atoms with Crippen molar-refractivity contribution in [2.45, 2.75) is 56.5 Å². The molecule has 4 N–H and O–H groups in total. The van der Waals surface area contributed by atoms with Crippen molar-refractivity contribution in [2.24, 2.45) is 0 Å². The molecule has 3 heterocycles. The lowest BCUT2D eigenvalue weighted by atomic mass is 10.1. The fraction of sp³-hybridized carbons (Fsp3) is 0.500. The van der Waals surface area contributed by atoms with Crippen LogP contribution in [0.4, 0.5) is 5.82 Å². The fourth-order valence-corrected chi connectivity index (χ4v) is 4.03. The molecule has 0 spiro atoms. The summed E-state index contributed by atoms with van der Waals surface area (Å²) >= 11 is 1.51. The van der Waals surface area contributed by atoms with Gasteiger partial charge in [0.15, 0.2) is 28.4 Å². The Labute approximate surface area is 183 Å². The highest BCUT2D eigenvalue weighted by molar-refractivity contribution is 7.99. The molecule has 0 aliphatic carbocycles. The van der Waals surface area contributed by atoms with Gasteiger partial charge in [0.05, 0.1) is 6.61 Å². The predicted molar refractivity (Wildman–Crippen MR) is 116 cm³/mol. The van der Waals surface area contributed by atoms with Crippen molar-refractivity contribution in [3.05, 3.63) is 35.4 Å². The van der Waals surface area contributed by atoms with Crippen molar-refractivity contribution in [3.63, 3.8) is 0 Å². The zero-order valence-electron chi connectivity index (χ0n) is 17.3. The minimum atomic E-state index is -1.27. The Balaban J connectivity index is 1.68. The van der Waals surface area contributed by atoms with Crippen molar-refractivity contribution in [3.8, 4) is 0 Å². The van der Waals surface area contributed by atoms with Crippen LogP contribution in [-0.2, 0) is 11.3 Å². The van der Waals surface area contributed by atoms with E-state index in [1.807, 2.05) is 31.2 Å². The van der Waals surface area contributed by atoms with E-state index in [2.05, 4.69) is 32.5 Å². The van der Waals surface area contributed by atoms with Gasteiger partial charge in [0, 0.05) is 12.3 Å². The van der Waals surface area contributed by atoms with Gasteiger partial charge < -0.3 is 25.4 Å². The maximum atomic E-state index is 10.4. The molecule has 166 valence electrons. The van der Waals surface area contributed by atoms with Crippen LogP contribution in [-0.4, -0.2) is 71.0 Å². The van der Waals surface area contributed by atoms with E-state index < -0.39 is 31.1 Å². The zero-order chi connectivity index (χ0) is 22.0. The van der Waals surface area contributed by atoms with Crippen molar-refractivity contribution in [1.82, 2.24) is 25.0 Å². The third kappa shape index (κ3) is 4.51. The lowest BCUT2D eigenvalue weighted by molar-refractivity contribution is -0.0575. The number of hydrogen-bond donors (Lipinski definition) is 4. The number of nitrogens with zero attached hydrogens (tertiary/aromatic N) is 5. The number of aliphatic hydroxyl groups excluding tert-OH is 3. The van der Waals surface area contributed by atoms with E-state index in [9.17, 15) is 15.3 Å². The van der Waals surface area contributed by atoms with Gasteiger partial charge in [0.25, 0.3) is 0 Å². The van der Waals surface area contributed by atoms with E-state index in [4.69, 9.17) is 4.74 Å². The number of benzene rings is 1. The Kier molecular flexibility index (Phi) is 6.68. The summed E-state index contributed by atoms with van der Waals surface area (Å²) in [6, 6.07) is 8.19. The molecule has 0 unspecified atom stereocenters. The van der Waals surface area contributed by atoms with E-state index in [1.165, 1.54) is 22.0 Å². The summed E-state index contributed by atoms with van der Waals surface area (Å²) in [5.74, 6) is 1.38. The minimum absolute atomic E-state index is 0.384. The second-order valence-electron chi connectivity index (χ2n) is 7.48. The van der Waals surface area contributed by atoms with Crippen LogP contribution in [0.15, 0.2) is 29.4 Å². The first-order valence-electron chi connectivity index (χ1n) is 10.2. The van der Waals surface area contributed by atoms with E-state index in [0.717, 1.165) is 17.7 Å². The Morgan fingerprint density at radius 3 is 2.61 bits per heavy atom. The highest BCUT2D eigenvalue weighted by atomic mass is 32.2. The largest absolute Gasteiger partial charge is 0.394 e. The van der Waals surface area contributed by atoms with Crippen LogP contribution in [0.25, 0.3) is 11.2 Å². The van der Waals surface area contributed by atoms with Gasteiger partial charge >= 0.3 is 0 Å². The number of fused-ring (bicyclic) bond motifs is 1. The van der Waals surface area contributed by atoms with Crippen LogP contribution in [0.3, 0.4) is 0 Å². The molecule has 1 saturated heterocycles. The lowest BCUT2D eigenvalue weighted by Crippen LogP contribution is -2.33. The number of aryl methyl sites for hydroxylation is 1. The molecule has 0 saturated carbocycles. The molecule has 0 amide bonds. The van der Waals surface area contributed by atoms with E-state index in [-0.39, 0.29) is 0 Å². The highest BCUT2D eigenvalue weighted by Crippen LogP contribution is 2.32. The average molecular weight is 447 g/mol. The molecular formula is C20H26N6O4S. The number of thioether (sulfide) groups is 1. The number of aliphatic hydroxyl groups is 3. The molecule has 4 rings (SSSR count). The van der Waals surface area contributed by atoms with E-state index >= 15 is 0 Å². The molecule has 0 bridgehead atoms. The number of rotatable bonds is 8. The molecule has 1 fully saturated rings. The van der Waals surface area contributed by atoms with Gasteiger partial charge in [-0.2, -0.15) is 4.68 Å². The van der Waals surface area contributed by atoms with Crippen LogP contribution in [0.1, 0.15) is 30.7 Å². The van der Waals surface area contributed by atoms with Gasteiger partial charge in [-0.25, -0.2) is 9.97 Å². The van der Waals surface area contributed by atoms with Gasteiger partial charge in [-0.15, -0.1) is 5.10 Å². The molecule has 1 aliphatic rings. The van der Waals surface area contributed by atoms with Crippen LogP contribution in [0, 0.1) is 6.92 Å². The smallest absolute Gasteiger partial charge is 0.191 e. The van der Waals surface area contributed by atoms with E-state index in [0.29, 0.717) is 28.7 Å². The highest BCUT2D eigenvalue weighted by Gasteiger charge is 2.44. The molecule has 1 aromatic carbocycles. The van der Waals surface area contributed by atoms with Crippen molar-refractivity contribution in [1.29, 1.82) is 0 Å². The number of ether oxygens (including phenoxy) is 1. The predicted octanol–water partition coefficient (Wildman–Crippen LogP) is 1.26. The summed E-state index contributed by atoms with van der Waals surface area (Å²) in [4.78, 5) is 9.18. The Hall–Kier alpha value is -2.31. The van der Waals surface area contributed by atoms with Crippen LogP contribution in [0.2, 0.25) is 0 Å². The molecule has 3 aromatic rings. The van der Waals surface area contributed by atoms with Gasteiger partial charge in [-0.3, -0.25) is 0 Å². The lowest BCUT2D eigenvalue weighted by Gasteiger charge is -2.15. The summed E-state index contributed by atoms with van der Waals surface area (Å²) in [5, 5.41) is 42.1. The standard InChI is InChI=1S/C20H26N6O4S/c1-3-8-31-20-22-17(21-9-12-6-4-11(2)5-7-12)14-18(23-20)26(25-24-14)19-16(29)15(28)13(10-27)30-19/h4-7,13,15-16,19,27-29H,3,8-10H2,1-2H3,(H,21,22,23)/t13-,15-,16-,19-/m1/s1. The summed E-state index contributed by atoms with van der Waals surface area (Å²) in [6.07, 6.45) is -3.46. The number of anilines is 1. The van der Waals surface area contributed by atoms with Crippen molar-refractivity contribution in [2.75, 3.05) is 17.7 Å².